The molecular weight excluding hydrogens is 134 g/mol. The van der Waals surface area contributed by atoms with Crippen LogP contribution in [0.15, 0.2) is 12.7 Å². The Morgan fingerprint density at radius 3 is 2.09 bits per heavy atom. The van der Waals surface area contributed by atoms with Crippen LogP contribution in [0.1, 0.15) is 27.7 Å². The zero-order chi connectivity index (χ0) is 8.85. The quantitative estimate of drug-likeness (QED) is 0.601. The third-order valence-electron chi connectivity index (χ3n) is 1.73. The molecule has 0 fully saturated rings. The summed E-state index contributed by atoms with van der Waals surface area (Å²) in [6.45, 7) is 13.7. The first kappa shape index (κ1) is 10.7. The van der Waals surface area contributed by atoms with Gasteiger partial charge in [0.2, 0.25) is 0 Å². The Kier molecular flexibility index (Phi) is 5.22. The number of rotatable bonds is 5. The van der Waals surface area contributed by atoms with E-state index >= 15 is 0 Å². The maximum atomic E-state index is 3.80. The summed E-state index contributed by atoms with van der Waals surface area (Å²) < 4.78 is 0. The van der Waals surface area contributed by atoms with Gasteiger partial charge in [0.05, 0.1) is 0 Å². The van der Waals surface area contributed by atoms with E-state index in [1.54, 1.807) is 0 Å². The van der Waals surface area contributed by atoms with Crippen LogP contribution < -0.4 is 5.32 Å². The second-order valence-electron chi connectivity index (χ2n) is 3.81. The van der Waals surface area contributed by atoms with Gasteiger partial charge in [0.1, 0.15) is 0 Å². The van der Waals surface area contributed by atoms with E-state index in [1.165, 1.54) is 0 Å². The lowest BCUT2D eigenvalue weighted by Crippen LogP contribution is -2.34. The summed E-state index contributed by atoms with van der Waals surface area (Å²) in [4.78, 5) is 0. The summed E-state index contributed by atoms with van der Waals surface area (Å²) >= 11 is 0. The van der Waals surface area contributed by atoms with E-state index in [0.717, 1.165) is 12.5 Å². The van der Waals surface area contributed by atoms with Gasteiger partial charge in [0.25, 0.3) is 0 Å². The second kappa shape index (κ2) is 5.36. The summed E-state index contributed by atoms with van der Waals surface area (Å²) in [7, 11) is 0. The fourth-order valence-electron chi connectivity index (χ4n) is 0.963. The highest BCUT2D eigenvalue weighted by Crippen LogP contribution is 2.02. The second-order valence-corrected chi connectivity index (χ2v) is 3.81. The lowest BCUT2D eigenvalue weighted by atomic mass is 10.0. The molecule has 0 amide bonds. The van der Waals surface area contributed by atoms with Crippen LogP contribution in [0.4, 0.5) is 0 Å². The summed E-state index contributed by atoms with van der Waals surface area (Å²) in [6.07, 6.45) is 1.99. The average Bonchev–Trinajstić information content (AvgIpc) is 1.87. The molecule has 1 heteroatoms. The highest BCUT2D eigenvalue weighted by molar-refractivity contribution is 4.87. The Balaban J connectivity index is 3.61. The molecule has 0 aromatic heterocycles. The van der Waals surface area contributed by atoms with Crippen molar-refractivity contribution >= 4 is 0 Å². The summed E-state index contributed by atoms with van der Waals surface area (Å²) in [5, 5.41) is 3.45. The van der Waals surface area contributed by atoms with Crippen molar-refractivity contribution in [2.45, 2.75) is 33.7 Å². The molecule has 66 valence electrons. The molecule has 0 aromatic rings. The minimum atomic E-state index is 0.470. The molecule has 0 bridgehead atoms. The predicted molar refractivity (Wildman–Crippen MR) is 51.7 cm³/mol. The van der Waals surface area contributed by atoms with Crippen molar-refractivity contribution < 1.29 is 0 Å². The molecule has 11 heavy (non-hydrogen) atoms. The normalized spacial score (nSPS) is 14.0. The van der Waals surface area contributed by atoms with Crippen molar-refractivity contribution in [3.05, 3.63) is 12.7 Å². The highest BCUT2D eigenvalue weighted by Gasteiger charge is 2.07. The van der Waals surface area contributed by atoms with Crippen LogP contribution in [-0.4, -0.2) is 12.6 Å². The van der Waals surface area contributed by atoms with Crippen molar-refractivity contribution in [2.75, 3.05) is 6.54 Å². The molecule has 1 nitrogen and oxygen atoms in total. The zero-order valence-electron chi connectivity index (χ0n) is 8.22. The number of hydrogen-bond acceptors (Lipinski definition) is 1. The molecule has 0 aliphatic carbocycles. The van der Waals surface area contributed by atoms with E-state index in [-0.39, 0.29) is 0 Å². The third kappa shape index (κ3) is 5.02. The molecule has 0 rings (SSSR count). The van der Waals surface area contributed by atoms with E-state index < -0.39 is 0 Å². The van der Waals surface area contributed by atoms with Gasteiger partial charge < -0.3 is 5.32 Å². The van der Waals surface area contributed by atoms with Gasteiger partial charge in [-0.15, -0.1) is 6.58 Å². The van der Waals surface area contributed by atoms with Crippen molar-refractivity contribution in [3.63, 3.8) is 0 Å². The molecule has 0 radical (unpaired) electrons. The molecule has 0 saturated heterocycles. The van der Waals surface area contributed by atoms with Gasteiger partial charge in [-0.3, -0.25) is 0 Å². The van der Waals surface area contributed by atoms with Gasteiger partial charge >= 0.3 is 0 Å². The first-order chi connectivity index (χ1) is 5.07. The Labute approximate surface area is 70.9 Å². The van der Waals surface area contributed by atoms with Gasteiger partial charge in [-0.05, 0) is 18.4 Å². The standard InChI is InChI=1S/C10H21N/c1-6-10(9(4)5)11-7-8(2)3/h6,8-11H,1,7H2,2-5H3. The SMILES string of the molecule is C=CC(NCC(C)C)C(C)C. The zero-order valence-corrected chi connectivity index (χ0v) is 8.22. The molecule has 0 aliphatic rings. The van der Waals surface area contributed by atoms with Crippen LogP contribution in [0, 0.1) is 11.8 Å². The summed E-state index contributed by atoms with van der Waals surface area (Å²) in [6, 6.07) is 0.470. The highest BCUT2D eigenvalue weighted by atomic mass is 14.9. The molecule has 1 N–H and O–H groups in total. The van der Waals surface area contributed by atoms with E-state index in [1.807, 2.05) is 6.08 Å². The summed E-state index contributed by atoms with van der Waals surface area (Å²) in [5.41, 5.74) is 0. The molecule has 0 heterocycles. The van der Waals surface area contributed by atoms with Crippen LogP contribution in [0.2, 0.25) is 0 Å². The van der Waals surface area contributed by atoms with Crippen molar-refractivity contribution in [1.82, 2.24) is 5.32 Å². The fraction of sp³-hybridized carbons (Fsp3) is 0.800. The lowest BCUT2D eigenvalue weighted by Gasteiger charge is -2.19. The third-order valence-corrected chi connectivity index (χ3v) is 1.73. The maximum absolute atomic E-state index is 3.80. The van der Waals surface area contributed by atoms with Gasteiger partial charge in [-0.1, -0.05) is 33.8 Å². The topological polar surface area (TPSA) is 12.0 Å². The maximum Gasteiger partial charge on any atom is 0.0270 e. The van der Waals surface area contributed by atoms with E-state index in [9.17, 15) is 0 Å². The predicted octanol–water partition coefficient (Wildman–Crippen LogP) is 2.44. The van der Waals surface area contributed by atoms with Crippen LogP contribution in [0.25, 0.3) is 0 Å². The van der Waals surface area contributed by atoms with Crippen LogP contribution >= 0.6 is 0 Å². The molecule has 1 unspecified atom stereocenters. The Hall–Kier alpha value is -0.300. The molecule has 0 aromatic carbocycles. The summed E-state index contributed by atoms with van der Waals surface area (Å²) in [5.74, 6) is 1.36. The van der Waals surface area contributed by atoms with Gasteiger partial charge in [-0.2, -0.15) is 0 Å². The molecule has 0 spiro atoms. The van der Waals surface area contributed by atoms with Crippen molar-refractivity contribution in [1.29, 1.82) is 0 Å². The first-order valence-corrected chi connectivity index (χ1v) is 4.43. The van der Waals surface area contributed by atoms with Crippen molar-refractivity contribution in [3.8, 4) is 0 Å². The molecular formula is C10H21N. The van der Waals surface area contributed by atoms with Crippen LogP contribution in [0.3, 0.4) is 0 Å². The Bertz CT molecular complexity index is 105. The molecule has 1 atom stereocenters. The van der Waals surface area contributed by atoms with Crippen LogP contribution in [0.5, 0.6) is 0 Å². The Morgan fingerprint density at radius 1 is 1.27 bits per heavy atom. The smallest absolute Gasteiger partial charge is 0.0270 e. The van der Waals surface area contributed by atoms with E-state index in [2.05, 4.69) is 39.6 Å². The monoisotopic (exact) mass is 155 g/mol. The minimum absolute atomic E-state index is 0.470. The Morgan fingerprint density at radius 2 is 1.82 bits per heavy atom. The van der Waals surface area contributed by atoms with Crippen molar-refractivity contribution in [2.24, 2.45) is 11.8 Å². The van der Waals surface area contributed by atoms with Gasteiger partial charge in [0.15, 0.2) is 0 Å². The van der Waals surface area contributed by atoms with E-state index in [0.29, 0.717) is 12.0 Å². The minimum Gasteiger partial charge on any atom is -0.310 e. The lowest BCUT2D eigenvalue weighted by molar-refractivity contribution is 0.432. The molecule has 0 saturated carbocycles. The van der Waals surface area contributed by atoms with Gasteiger partial charge in [0, 0.05) is 6.04 Å². The average molecular weight is 155 g/mol. The number of nitrogens with one attached hydrogen (secondary N) is 1. The van der Waals surface area contributed by atoms with Gasteiger partial charge in [-0.25, -0.2) is 0 Å². The first-order valence-electron chi connectivity index (χ1n) is 4.43. The van der Waals surface area contributed by atoms with E-state index in [4.69, 9.17) is 0 Å². The molecule has 0 aliphatic heterocycles. The largest absolute Gasteiger partial charge is 0.310 e. The number of hydrogen-bond donors (Lipinski definition) is 1. The fourth-order valence-corrected chi connectivity index (χ4v) is 0.963. The van der Waals surface area contributed by atoms with Crippen LogP contribution in [-0.2, 0) is 0 Å².